The van der Waals surface area contributed by atoms with Gasteiger partial charge >= 0.3 is 0 Å². The lowest BCUT2D eigenvalue weighted by atomic mass is 9.86. The third kappa shape index (κ3) is 4.56. The molecule has 0 bridgehead atoms. The van der Waals surface area contributed by atoms with Gasteiger partial charge in [0.05, 0.1) is 11.4 Å². The van der Waals surface area contributed by atoms with E-state index in [1.165, 1.54) is 31.0 Å². The van der Waals surface area contributed by atoms with Crippen LogP contribution in [0.25, 0.3) is 17.1 Å². The van der Waals surface area contributed by atoms with Crippen molar-refractivity contribution in [3.8, 4) is 17.1 Å². The molecule has 1 aromatic carbocycles. The fraction of sp³-hybridized carbons (Fsp3) is 0.391. The number of aryl methyl sites for hydroxylation is 1. The van der Waals surface area contributed by atoms with Crippen LogP contribution in [0.5, 0.6) is 0 Å². The van der Waals surface area contributed by atoms with Gasteiger partial charge in [0.25, 0.3) is 0 Å². The van der Waals surface area contributed by atoms with Crippen molar-refractivity contribution in [1.29, 1.82) is 0 Å². The van der Waals surface area contributed by atoms with E-state index in [1.54, 1.807) is 12.4 Å². The summed E-state index contributed by atoms with van der Waals surface area (Å²) in [5.41, 5.74) is 3.01. The molecule has 0 aliphatic heterocycles. The standard InChI is InChI=1S/C23H27N5OS/c1-16-8-3-5-11-19(16)25-21(29)15-30-23-27-26-22(18-10-7-13-24-14-18)28(23)20-12-6-4-9-17(20)2/h4,6-7,9-10,12-14,16,19H,3,5,8,11,15H2,1-2H3,(H,25,29)/t16-,19-/m1/s1. The van der Waals surface area contributed by atoms with Gasteiger partial charge in [-0.15, -0.1) is 10.2 Å². The first-order chi connectivity index (χ1) is 14.6. The van der Waals surface area contributed by atoms with Gasteiger partial charge in [0.15, 0.2) is 11.0 Å². The number of para-hydroxylation sites is 1. The van der Waals surface area contributed by atoms with E-state index < -0.39 is 0 Å². The zero-order valence-electron chi connectivity index (χ0n) is 17.4. The van der Waals surface area contributed by atoms with Crippen molar-refractivity contribution in [2.24, 2.45) is 5.92 Å². The zero-order valence-corrected chi connectivity index (χ0v) is 18.2. The average Bonchev–Trinajstić information content (AvgIpc) is 3.18. The average molecular weight is 422 g/mol. The molecule has 3 aromatic rings. The SMILES string of the molecule is Cc1ccccc1-n1c(SCC(=O)N[C@@H]2CCCC[C@H]2C)nnc1-c1cccnc1. The second-order valence-electron chi connectivity index (χ2n) is 7.89. The molecule has 2 aromatic heterocycles. The van der Waals surface area contributed by atoms with Gasteiger partial charge in [0.1, 0.15) is 0 Å². The molecule has 156 valence electrons. The van der Waals surface area contributed by atoms with Gasteiger partial charge in [-0.05, 0) is 49.4 Å². The molecule has 1 amide bonds. The highest BCUT2D eigenvalue weighted by Gasteiger charge is 2.24. The van der Waals surface area contributed by atoms with Gasteiger partial charge < -0.3 is 5.32 Å². The van der Waals surface area contributed by atoms with Crippen molar-refractivity contribution in [3.05, 3.63) is 54.4 Å². The molecule has 1 N–H and O–H groups in total. The molecule has 0 spiro atoms. The van der Waals surface area contributed by atoms with Crippen molar-refractivity contribution in [1.82, 2.24) is 25.1 Å². The topological polar surface area (TPSA) is 72.7 Å². The van der Waals surface area contributed by atoms with E-state index in [0.29, 0.717) is 16.8 Å². The predicted octanol–water partition coefficient (Wildman–Crippen LogP) is 4.42. The summed E-state index contributed by atoms with van der Waals surface area (Å²) in [5, 5.41) is 12.8. The quantitative estimate of drug-likeness (QED) is 0.596. The number of nitrogens with one attached hydrogen (secondary N) is 1. The van der Waals surface area contributed by atoms with E-state index in [2.05, 4.69) is 40.4 Å². The Morgan fingerprint density at radius 2 is 2.00 bits per heavy atom. The molecular weight excluding hydrogens is 394 g/mol. The maximum absolute atomic E-state index is 12.6. The van der Waals surface area contributed by atoms with Gasteiger partial charge in [-0.25, -0.2) is 0 Å². The van der Waals surface area contributed by atoms with Gasteiger partial charge in [-0.2, -0.15) is 0 Å². The molecule has 2 heterocycles. The van der Waals surface area contributed by atoms with Crippen LogP contribution < -0.4 is 5.32 Å². The van der Waals surface area contributed by atoms with Crippen LogP contribution in [0.3, 0.4) is 0 Å². The smallest absolute Gasteiger partial charge is 0.230 e. The van der Waals surface area contributed by atoms with Gasteiger partial charge in [0.2, 0.25) is 5.91 Å². The van der Waals surface area contributed by atoms with Crippen LogP contribution in [-0.4, -0.2) is 37.5 Å². The zero-order chi connectivity index (χ0) is 20.9. The number of thioether (sulfide) groups is 1. The Bertz CT molecular complexity index is 1000. The van der Waals surface area contributed by atoms with E-state index in [4.69, 9.17) is 0 Å². The number of amides is 1. The molecule has 6 nitrogen and oxygen atoms in total. The summed E-state index contributed by atoms with van der Waals surface area (Å²) in [4.78, 5) is 16.8. The number of hydrogen-bond acceptors (Lipinski definition) is 5. The summed E-state index contributed by atoms with van der Waals surface area (Å²) < 4.78 is 2.02. The highest BCUT2D eigenvalue weighted by Crippen LogP contribution is 2.29. The normalized spacial score (nSPS) is 18.9. The number of carbonyl (C=O) groups excluding carboxylic acids is 1. The summed E-state index contributed by atoms with van der Waals surface area (Å²) in [7, 11) is 0. The Morgan fingerprint density at radius 3 is 2.77 bits per heavy atom. The van der Waals surface area contributed by atoms with Crippen LogP contribution in [-0.2, 0) is 4.79 Å². The molecule has 30 heavy (non-hydrogen) atoms. The van der Waals surface area contributed by atoms with E-state index in [1.807, 2.05) is 34.9 Å². The van der Waals surface area contributed by atoms with Crippen LogP contribution in [0.2, 0.25) is 0 Å². The van der Waals surface area contributed by atoms with Crippen molar-refractivity contribution >= 4 is 17.7 Å². The molecule has 0 saturated heterocycles. The maximum atomic E-state index is 12.6. The highest BCUT2D eigenvalue weighted by atomic mass is 32.2. The first kappa shape index (κ1) is 20.6. The molecule has 1 aliphatic rings. The number of carbonyl (C=O) groups is 1. The summed E-state index contributed by atoms with van der Waals surface area (Å²) in [5.74, 6) is 1.64. The second kappa shape index (κ2) is 9.43. The number of aromatic nitrogens is 4. The van der Waals surface area contributed by atoms with Crippen LogP contribution in [0.4, 0.5) is 0 Å². The van der Waals surface area contributed by atoms with Crippen molar-refractivity contribution in [2.75, 3.05) is 5.75 Å². The summed E-state index contributed by atoms with van der Waals surface area (Å²) >= 11 is 1.42. The molecule has 1 fully saturated rings. The summed E-state index contributed by atoms with van der Waals surface area (Å²) in [6, 6.07) is 12.3. The van der Waals surface area contributed by atoms with Crippen LogP contribution in [0, 0.1) is 12.8 Å². The maximum Gasteiger partial charge on any atom is 0.230 e. The lowest BCUT2D eigenvalue weighted by molar-refractivity contribution is -0.119. The van der Waals surface area contributed by atoms with Crippen molar-refractivity contribution in [3.63, 3.8) is 0 Å². The first-order valence-corrected chi connectivity index (χ1v) is 11.5. The molecule has 7 heteroatoms. The number of nitrogens with zero attached hydrogens (tertiary/aromatic N) is 4. The van der Waals surface area contributed by atoms with Crippen LogP contribution >= 0.6 is 11.8 Å². The van der Waals surface area contributed by atoms with E-state index in [0.717, 1.165) is 29.1 Å². The third-order valence-corrected chi connectivity index (χ3v) is 6.63. The first-order valence-electron chi connectivity index (χ1n) is 10.5. The minimum absolute atomic E-state index is 0.0565. The predicted molar refractivity (Wildman–Crippen MR) is 120 cm³/mol. The molecule has 0 unspecified atom stereocenters. The van der Waals surface area contributed by atoms with Gasteiger partial charge in [-0.3, -0.25) is 14.3 Å². The number of benzene rings is 1. The van der Waals surface area contributed by atoms with Gasteiger partial charge in [0, 0.05) is 24.0 Å². The van der Waals surface area contributed by atoms with Crippen LogP contribution in [0.1, 0.15) is 38.2 Å². The number of pyridine rings is 1. The molecule has 2 atom stereocenters. The number of rotatable bonds is 6. The molecular formula is C23H27N5OS. The summed E-state index contributed by atoms with van der Waals surface area (Å²) in [6.07, 6.45) is 8.24. The fourth-order valence-electron chi connectivity index (χ4n) is 3.99. The lowest BCUT2D eigenvalue weighted by Gasteiger charge is -2.29. The molecule has 1 saturated carbocycles. The third-order valence-electron chi connectivity index (χ3n) is 5.70. The largest absolute Gasteiger partial charge is 0.352 e. The Balaban J connectivity index is 1.57. The highest BCUT2D eigenvalue weighted by molar-refractivity contribution is 7.99. The van der Waals surface area contributed by atoms with Crippen molar-refractivity contribution < 1.29 is 4.79 Å². The van der Waals surface area contributed by atoms with E-state index in [-0.39, 0.29) is 11.9 Å². The Labute approximate surface area is 181 Å². The van der Waals surface area contributed by atoms with E-state index in [9.17, 15) is 4.79 Å². The molecule has 1 aliphatic carbocycles. The van der Waals surface area contributed by atoms with E-state index >= 15 is 0 Å². The Morgan fingerprint density at radius 1 is 1.17 bits per heavy atom. The van der Waals surface area contributed by atoms with Crippen LogP contribution in [0.15, 0.2) is 53.9 Å². The monoisotopic (exact) mass is 421 g/mol. The Kier molecular flexibility index (Phi) is 6.47. The minimum Gasteiger partial charge on any atom is -0.352 e. The summed E-state index contributed by atoms with van der Waals surface area (Å²) in [6.45, 7) is 4.29. The number of hydrogen-bond donors (Lipinski definition) is 1. The Hall–Kier alpha value is -2.67. The molecule has 0 radical (unpaired) electrons. The fourth-order valence-corrected chi connectivity index (χ4v) is 4.74. The minimum atomic E-state index is 0.0565. The van der Waals surface area contributed by atoms with Crippen molar-refractivity contribution in [2.45, 2.75) is 50.7 Å². The lowest BCUT2D eigenvalue weighted by Crippen LogP contribution is -2.41. The van der Waals surface area contributed by atoms with Gasteiger partial charge in [-0.1, -0.05) is 49.7 Å². The molecule has 4 rings (SSSR count). The second-order valence-corrected chi connectivity index (χ2v) is 8.84.